The third kappa shape index (κ3) is 5.62. The predicted octanol–water partition coefficient (Wildman–Crippen LogP) is -0.423. The van der Waals surface area contributed by atoms with Crippen LogP contribution in [0.25, 0.3) is 0 Å². The molecule has 0 amide bonds. The zero-order chi connectivity index (χ0) is 6.41. The van der Waals surface area contributed by atoms with Crippen LogP contribution in [-0.4, -0.2) is 20.5 Å². The summed E-state index contributed by atoms with van der Waals surface area (Å²) in [5, 5.41) is 0. The van der Waals surface area contributed by atoms with Crippen LogP contribution < -0.4 is 0 Å². The molecule has 0 rings (SSSR count). The lowest BCUT2D eigenvalue weighted by atomic mass is 10.4. The summed E-state index contributed by atoms with van der Waals surface area (Å²) in [6.45, 7) is 0. The van der Waals surface area contributed by atoms with Crippen molar-refractivity contribution in [1.82, 2.24) is 0 Å². The molecule has 0 fully saturated rings. The van der Waals surface area contributed by atoms with Gasteiger partial charge in [0.15, 0.2) is 0 Å². The first-order valence-corrected chi connectivity index (χ1v) is 3.69. The molecule has 0 heterocycles. The number of aldehydes is 1. The molecule has 0 saturated heterocycles. The van der Waals surface area contributed by atoms with E-state index in [0.717, 1.165) is 6.29 Å². The number of rotatable bonds is 4. The van der Waals surface area contributed by atoms with Gasteiger partial charge in [0.05, 0.1) is 0 Å². The Hall–Kier alpha value is -0.380. The first-order valence-electron chi connectivity index (χ1n) is 2.33. The summed E-state index contributed by atoms with van der Waals surface area (Å²) in [4.78, 5) is 9.59. The molecule has 0 atom stereocenters. The van der Waals surface area contributed by atoms with Crippen LogP contribution in [0.2, 0.25) is 0 Å². The van der Waals surface area contributed by atoms with E-state index in [-0.39, 0.29) is 5.75 Å². The largest absolute Gasteiger partial charge is 0.303 e. The van der Waals surface area contributed by atoms with Gasteiger partial charge in [0.2, 0.25) is 0 Å². The highest BCUT2D eigenvalue weighted by Gasteiger charge is 1.85. The molecule has 48 valence electrons. The van der Waals surface area contributed by atoms with E-state index in [1.807, 2.05) is 0 Å². The zero-order valence-corrected chi connectivity index (χ0v) is 5.27. The van der Waals surface area contributed by atoms with Crippen molar-refractivity contribution < 1.29 is 13.2 Å². The topological polar surface area (TPSA) is 51.2 Å². The van der Waals surface area contributed by atoms with Gasteiger partial charge >= 0.3 is 0 Å². The number of hydrogen-bond acceptors (Lipinski definition) is 3. The average molecular weight is 136 g/mol. The zero-order valence-electron chi connectivity index (χ0n) is 4.37. The Morgan fingerprint density at radius 1 is 1.38 bits per heavy atom. The lowest BCUT2D eigenvalue weighted by Crippen LogP contribution is -1.86. The summed E-state index contributed by atoms with van der Waals surface area (Å²) in [5.41, 5.74) is 0. The maximum atomic E-state index is 9.80. The summed E-state index contributed by atoms with van der Waals surface area (Å²) in [6, 6.07) is 0. The van der Waals surface area contributed by atoms with Crippen LogP contribution in [0.15, 0.2) is 0 Å². The summed E-state index contributed by atoms with van der Waals surface area (Å²) >= 11 is 0. The van der Waals surface area contributed by atoms with Crippen molar-refractivity contribution in [2.75, 3.05) is 5.75 Å². The molecule has 0 unspecified atom stereocenters. The molecular weight excluding hydrogens is 128 g/mol. The van der Waals surface area contributed by atoms with Crippen molar-refractivity contribution in [3.8, 4) is 0 Å². The smallest absolute Gasteiger partial charge is 0.140 e. The second kappa shape index (κ2) is 4.77. The van der Waals surface area contributed by atoms with Crippen LogP contribution in [0, 0.1) is 0 Å². The van der Waals surface area contributed by atoms with Crippen molar-refractivity contribution in [3.05, 3.63) is 0 Å². The minimum absolute atomic E-state index is 0.133. The van der Waals surface area contributed by atoms with Gasteiger partial charge < -0.3 is 4.79 Å². The normalized spacial score (nSPS) is 9.62. The van der Waals surface area contributed by atoms with Crippen molar-refractivity contribution in [2.45, 2.75) is 12.8 Å². The molecule has 0 aliphatic rings. The highest BCUT2D eigenvalue weighted by Crippen LogP contribution is 1.82. The third-order valence-electron chi connectivity index (χ3n) is 0.663. The maximum Gasteiger partial charge on any atom is 0.140 e. The molecule has 0 aromatic carbocycles. The van der Waals surface area contributed by atoms with Crippen molar-refractivity contribution in [1.29, 1.82) is 0 Å². The van der Waals surface area contributed by atoms with Gasteiger partial charge in [-0.15, -0.1) is 0 Å². The van der Waals surface area contributed by atoms with Gasteiger partial charge in [0, 0.05) is 12.2 Å². The molecule has 0 aromatic heterocycles. The molecule has 0 spiro atoms. The van der Waals surface area contributed by atoms with Crippen molar-refractivity contribution in [3.63, 3.8) is 0 Å². The second-order valence-corrected chi connectivity index (χ2v) is 2.48. The second-order valence-electron chi connectivity index (χ2n) is 1.37. The van der Waals surface area contributed by atoms with Gasteiger partial charge in [-0.05, 0) is 6.42 Å². The van der Waals surface area contributed by atoms with E-state index >= 15 is 0 Å². The first-order chi connectivity index (χ1) is 3.77. The number of hydrogen-bond donors (Lipinski definition) is 1. The molecule has 3 nitrogen and oxygen atoms in total. The third-order valence-corrected chi connectivity index (χ3v) is 1.34. The molecule has 0 saturated carbocycles. The Morgan fingerprint density at radius 3 is 2.38 bits per heavy atom. The van der Waals surface area contributed by atoms with Crippen LogP contribution >= 0.6 is 0 Å². The summed E-state index contributed by atoms with van der Waals surface area (Å²) in [7, 11) is -2.27. The Labute approximate surface area is 49.7 Å². The van der Waals surface area contributed by atoms with E-state index in [0.29, 0.717) is 12.8 Å². The fraction of sp³-hybridized carbons (Fsp3) is 0.750. The van der Waals surface area contributed by atoms with E-state index in [9.17, 15) is 13.2 Å². The number of carbonyl (C=O) groups is 1. The van der Waals surface area contributed by atoms with E-state index in [1.165, 1.54) is 0 Å². The minimum atomic E-state index is -2.27. The lowest BCUT2D eigenvalue weighted by Gasteiger charge is -1.80. The molecule has 0 N–H and O–H groups in total. The van der Waals surface area contributed by atoms with Gasteiger partial charge in [-0.25, -0.2) is 8.42 Å². The molecule has 4 heteroatoms. The van der Waals surface area contributed by atoms with Crippen LogP contribution in [0.3, 0.4) is 0 Å². The Balaban J connectivity index is 3.05. The summed E-state index contributed by atoms with van der Waals surface area (Å²) < 4.78 is 19.6. The Bertz CT molecular complexity index is 119. The van der Waals surface area contributed by atoms with Crippen molar-refractivity contribution >= 4 is 17.0 Å². The van der Waals surface area contributed by atoms with Crippen LogP contribution in [-0.2, 0) is 15.5 Å². The number of carbonyl (C=O) groups excluding carboxylic acids is 1. The Morgan fingerprint density at radius 2 is 2.00 bits per heavy atom. The standard InChI is InChI=1S/C4H8O3S/c5-3-1-2-4-8(6)7/h3,8H,1-2,4H2. The molecule has 0 radical (unpaired) electrons. The maximum absolute atomic E-state index is 9.80. The monoisotopic (exact) mass is 136 g/mol. The van der Waals surface area contributed by atoms with Gasteiger partial charge in [-0.2, -0.15) is 0 Å². The van der Waals surface area contributed by atoms with Gasteiger partial charge in [-0.3, -0.25) is 0 Å². The van der Waals surface area contributed by atoms with E-state index in [1.54, 1.807) is 0 Å². The van der Waals surface area contributed by atoms with Crippen LogP contribution in [0.5, 0.6) is 0 Å². The van der Waals surface area contributed by atoms with E-state index in [2.05, 4.69) is 0 Å². The van der Waals surface area contributed by atoms with Gasteiger partial charge in [0.1, 0.15) is 17.0 Å². The van der Waals surface area contributed by atoms with E-state index < -0.39 is 10.7 Å². The molecule has 0 aliphatic carbocycles. The first kappa shape index (κ1) is 7.62. The summed E-state index contributed by atoms with van der Waals surface area (Å²) in [6.07, 6.45) is 1.53. The van der Waals surface area contributed by atoms with Gasteiger partial charge in [0.25, 0.3) is 0 Å². The predicted molar refractivity (Wildman–Crippen MR) is 30.5 cm³/mol. The van der Waals surface area contributed by atoms with Crippen LogP contribution in [0.4, 0.5) is 0 Å². The molecule has 0 bridgehead atoms. The highest BCUT2D eigenvalue weighted by molar-refractivity contribution is 7.72. The molecule has 0 aliphatic heterocycles. The highest BCUT2D eigenvalue weighted by atomic mass is 32.2. The van der Waals surface area contributed by atoms with Crippen molar-refractivity contribution in [2.24, 2.45) is 0 Å². The molecule has 0 aromatic rings. The van der Waals surface area contributed by atoms with E-state index in [4.69, 9.17) is 0 Å². The fourth-order valence-corrected chi connectivity index (χ4v) is 0.744. The summed E-state index contributed by atoms with van der Waals surface area (Å²) in [5.74, 6) is 0.133. The fourth-order valence-electron chi connectivity index (χ4n) is 0.304. The lowest BCUT2D eigenvalue weighted by molar-refractivity contribution is -0.107. The van der Waals surface area contributed by atoms with Gasteiger partial charge in [-0.1, -0.05) is 0 Å². The number of unbranched alkanes of at least 4 members (excludes halogenated alkanes) is 1. The quantitative estimate of drug-likeness (QED) is 0.324. The Kier molecular flexibility index (Phi) is 4.54. The minimum Gasteiger partial charge on any atom is -0.303 e. The van der Waals surface area contributed by atoms with Crippen LogP contribution in [0.1, 0.15) is 12.8 Å². The molecular formula is C4H8O3S. The molecule has 8 heavy (non-hydrogen) atoms. The number of thiol groups is 1. The SMILES string of the molecule is O=CCCC[SH](=O)=O. The average Bonchev–Trinajstić information content (AvgIpc) is 1.66.